The van der Waals surface area contributed by atoms with Crippen molar-refractivity contribution in [2.45, 2.75) is 38.5 Å². The van der Waals surface area contributed by atoms with Crippen molar-refractivity contribution >= 4 is 0 Å². The number of aromatic nitrogens is 1. The summed E-state index contributed by atoms with van der Waals surface area (Å²) in [6.45, 7) is 4.95. The van der Waals surface area contributed by atoms with Gasteiger partial charge in [-0.15, -0.1) is 0 Å². The molecule has 3 atom stereocenters. The van der Waals surface area contributed by atoms with Crippen LogP contribution in [0.5, 0.6) is 5.75 Å². The Balaban J connectivity index is 1.29. The smallest absolute Gasteiger partial charge is 0.124 e. The van der Waals surface area contributed by atoms with Crippen molar-refractivity contribution in [2.75, 3.05) is 13.1 Å². The molecule has 5 rings (SSSR count). The van der Waals surface area contributed by atoms with E-state index in [1.807, 2.05) is 43.3 Å². The quantitative estimate of drug-likeness (QED) is 0.606. The molecule has 2 fully saturated rings. The Morgan fingerprint density at radius 3 is 2.84 bits per heavy atom. The highest BCUT2D eigenvalue weighted by molar-refractivity contribution is 5.34. The Labute approximate surface area is 188 Å². The fourth-order valence-electron chi connectivity index (χ4n) is 5.55. The molecular formula is C27H29FN2O2. The van der Waals surface area contributed by atoms with E-state index >= 15 is 0 Å². The lowest BCUT2D eigenvalue weighted by Gasteiger charge is -2.31. The van der Waals surface area contributed by atoms with E-state index in [0.717, 1.165) is 60.6 Å². The van der Waals surface area contributed by atoms with Crippen LogP contribution >= 0.6 is 0 Å². The first-order valence-electron chi connectivity index (χ1n) is 11.3. The maximum absolute atomic E-state index is 13.5. The monoisotopic (exact) mass is 432 g/mol. The average Bonchev–Trinajstić information content (AvgIpc) is 3.33. The number of rotatable bonds is 6. The van der Waals surface area contributed by atoms with Gasteiger partial charge in [0, 0.05) is 37.3 Å². The number of pyridine rings is 1. The van der Waals surface area contributed by atoms with Crippen molar-refractivity contribution in [2.24, 2.45) is 11.8 Å². The highest BCUT2D eigenvalue weighted by Gasteiger charge is 2.53. The highest BCUT2D eigenvalue weighted by atomic mass is 19.1. The zero-order valence-electron chi connectivity index (χ0n) is 18.4. The molecule has 1 aliphatic carbocycles. The molecule has 1 N–H and O–H groups in total. The van der Waals surface area contributed by atoms with Gasteiger partial charge in [-0.25, -0.2) is 4.39 Å². The van der Waals surface area contributed by atoms with Gasteiger partial charge in [-0.1, -0.05) is 36.4 Å². The van der Waals surface area contributed by atoms with Crippen LogP contribution in [0.3, 0.4) is 0 Å². The number of nitrogens with zero attached hydrogens (tertiary/aromatic N) is 2. The summed E-state index contributed by atoms with van der Waals surface area (Å²) in [6.07, 6.45) is 3.58. The summed E-state index contributed by atoms with van der Waals surface area (Å²) in [6, 6.07) is 18.5. The normalized spacial score (nSPS) is 25.1. The van der Waals surface area contributed by atoms with Crippen LogP contribution in [-0.4, -0.2) is 28.1 Å². The Morgan fingerprint density at radius 2 is 2.00 bits per heavy atom. The molecule has 2 heterocycles. The largest absolute Gasteiger partial charge is 0.489 e. The molecule has 0 unspecified atom stereocenters. The van der Waals surface area contributed by atoms with Gasteiger partial charge in [-0.3, -0.25) is 9.88 Å². The van der Waals surface area contributed by atoms with Crippen LogP contribution in [0.1, 0.15) is 35.2 Å². The molecule has 0 spiro atoms. The number of para-hydroxylation sites is 1. The fourth-order valence-corrected chi connectivity index (χ4v) is 5.55. The Morgan fingerprint density at radius 1 is 1.12 bits per heavy atom. The summed E-state index contributed by atoms with van der Waals surface area (Å²) in [7, 11) is 0. The van der Waals surface area contributed by atoms with Crippen molar-refractivity contribution in [3.05, 3.63) is 95.1 Å². The third-order valence-corrected chi connectivity index (χ3v) is 7.10. The minimum absolute atomic E-state index is 0.191. The second-order valence-corrected chi connectivity index (χ2v) is 9.22. The maximum Gasteiger partial charge on any atom is 0.124 e. The average molecular weight is 433 g/mol. The molecule has 1 saturated heterocycles. The zero-order chi connectivity index (χ0) is 22.1. The van der Waals surface area contributed by atoms with Crippen molar-refractivity contribution in [3.8, 4) is 5.75 Å². The maximum atomic E-state index is 13.5. The van der Waals surface area contributed by atoms with Crippen molar-refractivity contribution < 1.29 is 14.2 Å². The van der Waals surface area contributed by atoms with Gasteiger partial charge in [0.2, 0.25) is 0 Å². The topological polar surface area (TPSA) is 45.6 Å². The number of aryl methyl sites for hydroxylation is 1. The zero-order valence-corrected chi connectivity index (χ0v) is 18.4. The van der Waals surface area contributed by atoms with Gasteiger partial charge in [-0.05, 0) is 61.1 Å². The molecule has 0 radical (unpaired) electrons. The van der Waals surface area contributed by atoms with Crippen molar-refractivity contribution in [1.82, 2.24) is 9.88 Å². The van der Waals surface area contributed by atoms with Gasteiger partial charge in [0.05, 0.1) is 5.69 Å². The molecule has 1 aromatic heterocycles. The van der Waals surface area contributed by atoms with E-state index in [0.29, 0.717) is 12.5 Å². The molecule has 2 aliphatic rings. The van der Waals surface area contributed by atoms with Gasteiger partial charge < -0.3 is 9.84 Å². The third-order valence-electron chi connectivity index (χ3n) is 7.10. The predicted octanol–water partition coefficient (Wildman–Crippen LogP) is 4.84. The van der Waals surface area contributed by atoms with Crippen LogP contribution in [0, 0.1) is 24.6 Å². The number of likely N-dealkylation sites (tertiary alicyclic amines) is 1. The minimum Gasteiger partial charge on any atom is -0.489 e. The summed E-state index contributed by atoms with van der Waals surface area (Å²) in [5.41, 5.74) is 2.98. The van der Waals surface area contributed by atoms with Gasteiger partial charge in [0.25, 0.3) is 0 Å². The van der Waals surface area contributed by atoms with Gasteiger partial charge in [0.15, 0.2) is 0 Å². The predicted molar refractivity (Wildman–Crippen MR) is 122 cm³/mol. The SMILES string of the molecule is Cc1cccnc1[C@@]1(O)CC[C@@H]2CN(Cc3ccccc3OCc3cccc(F)c3)C[C@@H]21. The first-order chi connectivity index (χ1) is 15.5. The summed E-state index contributed by atoms with van der Waals surface area (Å²) >= 11 is 0. The van der Waals surface area contributed by atoms with Crippen LogP contribution in [0.4, 0.5) is 4.39 Å². The first kappa shape index (κ1) is 21.1. The molecule has 2 aromatic carbocycles. The molecule has 1 saturated carbocycles. The highest BCUT2D eigenvalue weighted by Crippen LogP contribution is 2.50. The number of benzene rings is 2. The molecular weight excluding hydrogens is 403 g/mol. The Hall–Kier alpha value is -2.76. The van der Waals surface area contributed by atoms with Crippen molar-refractivity contribution in [3.63, 3.8) is 0 Å². The fraction of sp³-hybridized carbons (Fsp3) is 0.370. The van der Waals surface area contributed by atoms with Crippen LogP contribution in [0.2, 0.25) is 0 Å². The van der Waals surface area contributed by atoms with E-state index < -0.39 is 5.60 Å². The summed E-state index contributed by atoms with van der Waals surface area (Å²) in [5, 5.41) is 11.6. The number of hydrogen-bond acceptors (Lipinski definition) is 4. The lowest BCUT2D eigenvalue weighted by Crippen LogP contribution is -2.36. The third kappa shape index (κ3) is 4.03. The van der Waals surface area contributed by atoms with E-state index in [-0.39, 0.29) is 11.7 Å². The second kappa shape index (κ2) is 8.64. The molecule has 4 nitrogen and oxygen atoms in total. The molecule has 0 amide bonds. The van der Waals surface area contributed by atoms with E-state index in [1.165, 1.54) is 12.1 Å². The number of halogens is 1. The Kier molecular flexibility index (Phi) is 5.70. The van der Waals surface area contributed by atoms with Crippen molar-refractivity contribution in [1.29, 1.82) is 0 Å². The van der Waals surface area contributed by atoms with Crippen LogP contribution in [-0.2, 0) is 18.8 Å². The molecule has 5 heteroatoms. The number of ether oxygens (including phenoxy) is 1. The summed E-state index contributed by atoms with van der Waals surface area (Å²) in [5.74, 6) is 1.24. The summed E-state index contributed by atoms with van der Waals surface area (Å²) < 4.78 is 19.5. The molecule has 1 aliphatic heterocycles. The number of fused-ring (bicyclic) bond motifs is 1. The second-order valence-electron chi connectivity index (χ2n) is 9.22. The summed E-state index contributed by atoms with van der Waals surface area (Å²) in [4.78, 5) is 6.98. The minimum atomic E-state index is -0.849. The molecule has 3 aromatic rings. The molecule has 166 valence electrons. The van der Waals surface area contributed by atoms with E-state index in [4.69, 9.17) is 4.74 Å². The standard InChI is InChI=1S/C27H29FN2O2/c1-19-6-5-13-29-26(19)27(31)12-11-21-15-30(17-24(21)27)16-22-8-2-3-10-25(22)32-18-20-7-4-9-23(28)14-20/h2-10,13-14,21,24,31H,11-12,15-18H2,1H3/t21-,24+,27-/m1/s1. The van der Waals surface area contributed by atoms with E-state index in [2.05, 4.69) is 16.0 Å². The van der Waals surface area contributed by atoms with E-state index in [9.17, 15) is 9.50 Å². The molecule has 0 bridgehead atoms. The first-order valence-corrected chi connectivity index (χ1v) is 11.3. The van der Waals surface area contributed by atoms with Gasteiger partial charge in [0.1, 0.15) is 23.8 Å². The lowest BCUT2D eigenvalue weighted by atomic mass is 9.83. The number of aliphatic hydroxyl groups is 1. The van der Waals surface area contributed by atoms with E-state index in [1.54, 1.807) is 12.3 Å². The van der Waals surface area contributed by atoms with Crippen LogP contribution in [0.15, 0.2) is 66.9 Å². The lowest BCUT2D eigenvalue weighted by molar-refractivity contribution is -0.0114. The van der Waals surface area contributed by atoms with Gasteiger partial charge in [-0.2, -0.15) is 0 Å². The Bertz CT molecular complexity index is 1100. The number of hydrogen-bond donors (Lipinski definition) is 1. The van der Waals surface area contributed by atoms with Crippen LogP contribution < -0.4 is 4.74 Å². The van der Waals surface area contributed by atoms with Crippen LogP contribution in [0.25, 0.3) is 0 Å². The molecule has 32 heavy (non-hydrogen) atoms. The van der Waals surface area contributed by atoms with Gasteiger partial charge >= 0.3 is 0 Å².